The number of rotatable bonds is 5. The Labute approximate surface area is 179 Å². The molecule has 5 rings (SSSR count). The van der Waals surface area contributed by atoms with Gasteiger partial charge >= 0.3 is 0 Å². The fourth-order valence-electron chi connectivity index (χ4n) is 4.30. The molecule has 2 saturated heterocycles. The number of para-hydroxylation sites is 1. The first-order chi connectivity index (χ1) is 14.7. The molecule has 1 aromatic carbocycles. The molecule has 0 bridgehead atoms. The lowest BCUT2D eigenvalue weighted by Gasteiger charge is -2.37. The minimum Gasteiger partial charge on any atom is -0.383 e. The van der Waals surface area contributed by atoms with E-state index < -0.39 is 5.79 Å². The minimum absolute atomic E-state index is 0.0232. The normalized spacial score (nSPS) is 18.5. The molecule has 2 aliphatic rings. The predicted molar refractivity (Wildman–Crippen MR) is 115 cm³/mol. The largest absolute Gasteiger partial charge is 0.383 e. The van der Waals surface area contributed by atoms with Crippen molar-refractivity contribution in [1.29, 1.82) is 0 Å². The molecule has 2 aliphatic heterocycles. The third kappa shape index (κ3) is 3.54. The van der Waals surface area contributed by atoms with Gasteiger partial charge < -0.3 is 23.7 Å². The molecule has 158 valence electrons. The van der Waals surface area contributed by atoms with Crippen LogP contribution >= 0.6 is 11.3 Å². The number of ether oxygens (including phenoxy) is 3. The van der Waals surface area contributed by atoms with Gasteiger partial charge in [-0.3, -0.25) is 4.79 Å². The zero-order valence-corrected chi connectivity index (χ0v) is 17.8. The Morgan fingerprint density at radius 1 is 1.23 bits per heavy atom. The smallest absolute Gasteiger partial charge is 0.273 e. The number of thiazole rings is 1. The summed E-state index contributed by atoms with van der Waals surface area (Å²) >= 11 is 1.51. The van der Waals surface area contributed by atoms with Crippen molar-refractivity contribution in [3.63, 3.8) is 0 Å². The van der Waals surface area contributed by atoms with Crippen LogP contribution in [-0.2, 0) is 20.8 Å². The van der Waals surface area contributed by atoms with Crippen molar-refractivity contribution in [2.75, 3.05) is 40.0 Å². The molecule has 1 amide bonds. The maximum absolute atomic E-state index is 13.0. The van der Waals surface area contributed by atoms with Gasteiger partial charge in [0.15, 0.2) is 5.79 Å². The van der Waals surface area contributed by atoms with E-state index in [0.29, 0.717) is 51.4 Å². The molecule has 30 heavy (non-hydrogen) atoms. The van der Waals surface area contributed by atoms with E-state index in [1.54, 1.807) is 7.11 Å². The molecular weight excluding hydrogens is 402 g/mol. The number of aromatic nitrogens is 2. The van der Waals surface area contributed by atoms with Crippen LogP contribution in [0.4, 0.5) is 0 Å². The minimum atomic E-state index is -0.480. The number of likely N-dealkylation sites (tertiary alicyclic amines) is 1. The zero-order valence-electron chi connectivity index (χ0n) is 17.0. The van der Waals surface area contributed by atoms with Gasteiger partial charge in [0.1, 0.15) is 10.7 Å². The van der Waals surface area contributed by atoms with Crippen LogP contribution in [0.25, 0.3) is 21.6 Å². The second-order valence-electron chi connectivity index (χ2n) is 7.67. The molecule has 2 fully saturated rings. The fraction of sp³-hybridized carbons (Fsp3) is 0.455. The molecule has 0 aliphatic carbocycles. The highest BCUT2D eigenvalue weighted by molar-refractivity contribution is 7.13. The lowest BCUT2D eigenvalue weighted by molar-refractivity contribution is -0.181. The van der Waals surface area contributed by atoms with Gasteiger partial charge in [-0.1, -0.05) is 18.2 Å². The highest BCUT2D eigenvalue weighted by atomic mass is 32.1. The molecule has 0 radical (unpaired) electrons. The Kier molecular flexibility index (Phi) is 5.32. The summed E-state index contributed by atoms with van der Waals surface area (Å²) in [5.74, 6) is -0.503. The number of fused-ring (bicyclic) bond motifs is 1. The molecule has 2 aromatic heterocycles. The number of hydrogen-bond donors (Lipinski definition) is 0. The van der Waals surface area contributed by atoms with E-state index in [1.807, 2.05) is 22.4 Å². The molecule has 1 spiro atoms. The molecule has 8 heteroatoms. The van der Waals surface area contributed by atoms with Crippen LogP contribution in [0, 0.1) is 0 Å². The van der Waals surface area contributed by atoms with Gasteiger partial charge in [-0.25, -0.2) is 4.98 Å². The molecular formula is C22H25N3O4S. The number of carbonyl (C=O) groups is 1. The maximum Gasteiger partial charge on any atom is 0.273 e. The van der Waals surface area contributed by atoms with Crippen molar-refractivity contribution >= 4 is 28.1 Å². The molecule has 0 unspecified atom stereocenters. The van der Waals surface area contributed by atoms with Gasteiger partial charge in [-0.15, -0.1) is 11.3 Å². The molecule has 0 atom stereocenters. The Balaban J connectivity index is 1.37. The third-order valence-electron chi connectivity index (χ3n) is 5.90. The molecule has 7 nitrogen and oxygen atoms in total. The van der Waals surface area contributed by atoms with E-state index in [1.165, 1.54) is 11.3 Å². The van der Waals surface area contributed by atoms with Crippen molar-refractivity contribution < 1.29 is 19.0 Å². The van der Waals surface area contributed by atoms with E-state index in [2.05, 4.69) is 22.8 Å². The third-order valence-corrected chi connectivity index (χ3v) is 6.76. The van der Waals surface area contributed by atoms with E-state index in [9.17, 15) is 4.79 Å². The van der Waals surface area contributed by atoms with E-state index in [0.717, 1.165) is 28.1 Å². The Hall–Kier alpha value is -2.26. The number of benzene rings is 1. The first-order valence-electron chi connectivity index (χ1n) is 10.3. The first-order valence-corrected chi connectivity index (χ1v) is 11.2. The summed E-state index contributed by atoms with van der Waals surface area (Å²) in [6.07, 6.45) is 1.42. The van der Waals surface area contributed by atoms with Gasteiger partial charge in [0.2, 0.25) is 0 Å². The SMILES string of the molecule is COCCn1c(-c2nc(C(=O)N3CCC4(CC3)OCCO4)cs2)cc2ccccc21. The van der Waals surface area contributed by atoms with Crippen molar-refractivity contribution in [2.24, 2.45) is 0 Å². The maximum atomic E-state index is 13.0. The van der Waals surface area contributed by atoms with E-state index in [-0.39, 0.29) is 5.91 Å². The van der Waals surface area contributed by atoms with Crippen LogP contribution < -0.4 is 0 Å². The standard InChI is InChI=1S/C22H25N3O4S/c1-27-11-10-25-18-5-3-2-4-16(18)14-19(25)20-23-17(15-30-20)21(26)24-8-6-22(7-9-24)28-12-13-29-22/h2-5,14-15H,6-13H2,1H3. The highest BCUT2D eigenvalue weighted by Crippen LogP contribution is 2.33. The number of carbonyl (C=O) groups excluding carboxylic acids is 1. The second kappa shape index (κ2) is 8.11. The second-order valence-corrected chi connectivity index (χ2v) is 8.53. The quantitative estimate of drug-likeness (QED) is 0.625. The lowest BCUT2D eigenvalue weighted by Crippen LogP contribution is -2.47. The summed E-state index contributed by atoms with van der Waals surface area (Å²) in [5, 5.41) is 3.87. The van der Waals surface area contributed by atoms with Crippen molar-refractivity contribution in [3.05, 3.63) is 41.4 Å². The molecule has 3 aromatic rings. The zero-order chi connectivity index (χ0) is 20.6. The van der Waals surface area contributed by atoms with Gasteiger partial charge in [0, 0.05) is 55.9 Å². The van der Waals surface area contributed by atoms with Crippen molar-refractivity contribution in [3.8, 4) is 10.7 Å². The number of hydrogen-bond acceptors (Lipinski definition) is 6. The number of amides is 1. The summed E-state index contributed by atoms with van der Waals surface area (Å²) in [6.45, 7) is 3.87. The summed E-state index contributed by atoms with van der Waals surface area (Å²) in [4.78, 5) is 19.6. The van der Waals surface area contributed by atoms with Crippen LogP contribution in [0.1, 0.15) is 23.3 Å². The van der Waals surface area contributed by atoms with Crippen LogP contribution in [-0.4, -0.2) is 66.2 Å². The average Bonchev–Trinajstić information content (AvgIpc) is 3.51. The van der Waals surface area contributed by atoms with Crippen molar-refractivity contribution in [1.82, 2.24) is 14.5 Å². The summed E-state index contributed by atoms with van der Waals surface area (Å²) in [5.41, 5.74) is 2.66. The number of piperidine rings is 1. The summed E-state index contributed by atoms with van der Waals surface area (Å²) in [7, 11) is 1.70. The summed E-state index contributed by atoms with van der Waals surface area (Å²) in [6, 6.07) is 10.4. The lowest BCUT2D eigenvalue weighted by atomic mass is 10.0. The Morgan fingerprint density at radius 2 is 2.00 bits per heavy atom. The Morgan fingerprint density at radius 3 is 2.77 bits per heavy atom. The van der Waals surface area contributed by atoms with Crippen LogP contribution in [0.2, 0.25) is 0 Å². The van der Waals surface area contributed by atoms with Crippen LogP contribution in [0.3, 0.4) is 0 Å². The molecule has 4 heterocycles. The highest BCUT2D eigenvalue weighted by Gasteiger charge is 2.41. The average molecular weight is 428 g/mol. The monoisotopic (exact) mass is 427 g/mol. The molecule has 0 saturated carbocycles. The number of methoxy groups -OCH3 is 1. The van der Waals surface area contributed by atoms with Crippen molar-refractivity contribution in [2.45, 2.75) is 25.2 Å². The van der Waals surface area contributed by atoms with Gasteiger partial charge in [0.05, 0.1) is 25.5 Å². The fourth-order valence-corrected chi connectivity index (χ4v) is 5.12. The van der Waals surface area contributed by atoms with Crippen LogP contribution in [0.15, 0.2) is 35.7 Å². The van der Waals surface area contributed by atoms with Crippen LogP contribution in [0.5, 0.6) is 0 Å². The predicted octanol–water partition coefficient (Wildman–Crippen LogP) is 3.39. The first kappa shape index (κ1) is 19.7. The number of nitrogens with zero attached hydrogens (tertiary/aromatic N) is 3. The van der Waals surface area contributed by atoms with Gasteiger partial charge in [-0.2, -0.15) is 0 Å². The molecule has 0 N–H and O–H groups in total. The van der Waals surface area contributed by atoms with Gasteiger partial charge in [0.25, 0.3) is 5.91 Å². The topological polar surface area (TPSA) is 65.8 Å². The summed E-state index contributed by atoms with van der Waals surface area (Å²) < 4.78 is 19.0. The van der Waals surface area contributed by atoms with Gasteiger partial charge in [-0.05, 0) is 12.1 Å². The van der Waals surface area contributed by atoms with E-state index >= 15 is 0 Å². The Bertz CT molecular complexity index is 1040. The van der Waals surface area contributed by atoms with E-state index in [4.69, 9.17) is 19.2 Å².